The summed E-state index contributed by atoms with van der Waals surface area (Å²) in [6.45, 7) is 0. The van der Waals surface area contributed by atoms with Crippen LogP contribution >= 0.6 is 35.2 Å². The van der Waals surface area contributed by atoms with E-state index in [-0.39, 0.29) is 0 Å². The van der Waals surface area contributed by atoms with Crippen LogP contribution in [0.25, 0.3) is 66.5 Å². The third-order valence-electron chi connectivity index (χ3n) is 5.77. The number of nitrogens with zero attached hydrogens (tertiary/aromatic N) is 6. The molecule has 0 spiro atoms. The summed E-state index contributed by atoms with van der Waals surface area (Å²) in [5, 5.41) is 0. The molecule has 7 aromatic rings. The summed E-state index contributed by atoms with van der Waals surface area (Å²) in [5.41, 5.74) is 11.8. The van der Waals surface area contributed by atoms with Gasteiger partial charge in [0.05, 0.1) is 35.2 Å². The van der Waals surface area contributed by atoms with Gasteiger partial charge in [0.25, 0.3) is 0 Å². The minimum absolute atomic E-state index is 0.896. The molecule has 0 aliphatic carbocycles. The van der Waals surface area contributed by atoms with Gasteiger partial charge in [-0.05, 0) is 41.0 Å². The van der Waals surface area contributed by atoms with E-state index in [9.17, 15) is 0 Å². The molecule has 156 valence electrons. The first-order valence-electron chi connectivity index (χ1n) is 10.2. The first kappa shape index (κ1) is 18.9. The number of benzene rings is 4. The van der Waals surface area contributed by atoms with Crippen LogP contribution in [0.1, 0.15) is 0 Å². The van der Waals surface area contributed by atoms with Gasteiger partial charge in [-0.3, -0.25) is 0 Å². The minimum atomic E-state index is 0.896. The molecule has 4 aromatic carbocycles. The van der Waals surface area contributed by atoms with Crippen LogP contribution in [0.15, 0.2) is 72.8 Å². The van der Waals surface area contributed by atoms with Gasteiger partial charge < -0.3 is 0 Å². The summed E-state index contributed by atoms with van der Waals surface area (Å²) in [6.07, 6.45) is 0. The zero-order valence-electron chi connectivity index (χ0n) is 16.8. The fourth-order valence-electron chi connectivity index (χ4n) is 4.26. The van der Waals surface area contributed by atoms with Gasteiger partial charge in [-0.15, -0.1) is 0 Å². The number of fused-ring (bicyclic) bond motifs is 3. The van der Waals surface area contributed by atoms with Crippen LogP contribution in [0.4, 0.5) is 0 Å². The average molecular weight is 481 g/mol. The molecule has 0 radical (unpaired) electrons. The molecule has 6 nitrogen and oxygen atoms in total. The molecule has 3 aromatic heterocycles. The topological polar surface area (TPSA) is 77.3 Å². The Kier molecular flexibility index (Phi) is 4.26. The smallest absolute Gasteiger partial charge is 0.112 e. The molecule has 33 heavy (non-hydrogen) atoms. The molecule has 0 saturated heterocycles. The lowest BCUT2D eigenvalue weighted by Crippen LogP contribution is -1.90. The van der Waals surface area contributed by atoms with Crippen LogP contribution in [0.3, 0.4) is 0 Å². The molecular formula is C24H12N6S3. The van der Waals surface area contributed by atoms with Gasteiger partial charge in [0.15, 0.2) is 0 Å². The summed E-state index contributed by atoms with van der Waals surface area (Å²) in [6, 6.07) is 24.9. The summed E-state index contributed by atoms with van der Waals surface area (Å²) in [4.78, 5) is 0. The van der Waals surface area contributed by atoms with Gasteiger partial charge in [-0.2, -0.15) is 26.2 Å². The lowest BCUT2D eigenvalue weighted by Gasteiger charge is -2.14. The van der Waals surface area contributed by atoms with E-state index < -0.39 is 0 Å². The second-order valence-corrected chi connectivity index (χ2v) is 9.16. The Bertz CT molecular complexity index is 1800. The highest BCUT2D eigenvalue weighted by molar-refractivity contribution is 7.00. The van der Waals surface area contributed by atoms with Crippen LogP contribution in [-0.4, -0.2) is 26.2 Å². The van der Waals surface area contributed by atoms with E-state index in [1.165, 1.54) is 35.2 Å². The lowest BCUT2D eigenvalue weighted by atomic mass is 9.90. The fraction of sp³-hybridized carbons (Fsp3) is 0. The van der Waals surface area contributed by atoms with E-state index in [4.69, 9.17) is 0 Å². The van der Waals surface area contributed by atoms with Gasteiger partial charge in [-0.1, -0.05) is 48.5 Å². The van der Waals surface area contributed by atoms with Crippen molar-refractivity contribution < 1.29 is 0 Å². The molecule has 0 amide bonds. The van der Waals surface area contributed by atoms with E-state index in [1.807, 2.05) is 36.4 Å². The number of hydrogen-bond donors (Lipinski definition) is 0. The van der Waals surface area contributed by atoms with E-state index in [0.717, 1.165) is 66.5 Å². The molecule has 0 N–H and O–H groups in total. The standard InChI is InChI=1S/C24H12N6S3/c1-4-14(22-19(7-1)25-31-28-22)13-10-11-15(16-5-2-8-20-23(16)29-32-26-20)18(12-13)17-6-3-9-21-24(17)30-33-27-21/h1-12H. The number of rotatable bonds is 3. The van der Waals surface area contributed by atoms with Gasteiger partial charge in [-0.25, -0.2) is 0 Å². The number of aromatic nitrogens is 6. The van der Waals surface area contributed by atoms with Crippen molar-refractivity contribution in [3.63, 3.8) is 0 Å². The molecule has 7 rings (SSSR count). The van der Waals surface area contributed by atoms with Crippen LogP contribution in [0.2, 0.25) is 0 Å². The largest absolute Gasteiger partial charge is 0.173 e. The van der Waals surface area contributed by atoms with Gasteiger partial charge in [0.2, 0.25) is 0 Å². The molecule has 0 fully saturated rings. The molecule has 3 heterocycles. The molecule has 0 aliphatic heterocycles. The first-order chi connectivity index (χ1) is 16.4. The lowest BCUT2D eigenvalue weighted by molar-refractivity contribution is 1.55. The second-order valence-electron chi connectivity index (χ2n) is 7.57. The fourth-order valence-corrected chi connectivity index (χ4v) is 5.90. The van der Waals surface area contributed by atoms with Crippen LogP contribution in [-0.2, 0) is 0 Å². The predicted molar refractivity (Wildman–Crippen MR) is 136 cm³/mol. The van der Waals surface area contributed by atoms with Crippen molar-refractivity contribution in [1.29, 1.82) is 0 Å². The van der Waals surface area contributed by atoms with Crippen molar-refractivity contribution in [2.24, 2.45) is 0 Å². The van der Waals surface area contributed by atoms with E-state index in [0.29, 0.717) is 0 Å². The molecule has 9 heteroatoms. The third kappa shape index (κ3) is 2.97. The second kappa shape index (κ2) is 7.45. The Morgan fingerprint density at radius 2 is 0.879 bits per heavy atom. The highest BCUT2D eigenvalue weighted by Crippen LogP contribution is 2.41. The molecule has 0 bridgehead atoms. The molecule has 0 atom stereocenters. The molecular weight excluding hydrogens is 469 g/mol. The molecule has 0 unspecified atom stereocenters. The van der Waals surface area contributed by atoms with E-state index in [1.54, 1.807) is 0 Å². The third-order valence-corrected chi connectivity index (χ3v) is 7.40. The van der Waals surface area contributed by atoms with E-state index in [2.05, 4.69) is 62.6 Å². The maximum atomic E-state index is 4.61. The summed E-state index contributed by atoms with van der Waals surface area (Å²) >= 11 is 3.71. The maximum absolute atomic E-state index is 4.61. The normalized spacial score (nSPS) is 11.6. The first-order valence-corrected chi connectivity index (χ1v) is 12.3. The Morgan fingerprint density at radius 1 is 0.394 bits per heavy atom. The van der Waals surface area contributed by atoms with Crippen LogP contribution in [0, 0.1) is 0 Å². The SMILES string of the molecule is c1cc(-c2ccc(-c3cccc4nsnc34)c(-c3cccc4nsnc34)c2)c2nsnc2c1. The van der Waals surface area contributed by atoms with Gasteiger partial charge in [0.1, 0.15) is 33.1 Å². The van der Waals surface area contributed by atoms with Crippen molar-refractivity contribution in [3.8, 4) is 33.4 Å². The van der Waals surface area contributed by atoms with Crippen LogP contribution < -0.4 is 0 Å². The molecule has 0 saturated carbocycles. The van der Waals surface area contributed by atoms with Gasteiger partial charge >= 0.3 is 0 Å². The Labute approximate surface area is 200 Å². The van der Waals surface area contributed by atoms with Crippen molar-refractivity contribution in [1.82, 2.24) is 26.2 Å². The van der Waals surface area contributed by atoms with E-state index >= 15 is 0 Å². The summed E-state index contributed by atoms with van der Waals surface area (Å²) in [7, 11) is 0. The maximum Gasteiger partial charge on any atom is 0.112 e. The van der Waals surface area contributed by atoms with Crippen molar-refractivity contribution >= 4 is 68.3 Å². The average Bonchev–Trinajstić information content (AvgIpc) is 3.63. The highest BCUT2D eigenvalue weighted by atomic mass is 32.1. The Hall–Kier alpha value is -3.66. The van der Waals surface area contributed by atoms with Crippen molar-refractivity contribution in [3.05, 3.63) is 72.8 Å². The van der Waals surface area contributed by atoms with Crippen molar-refractivity contribution in [2.45, 2.75) is 0 Å². The minimum Gasteiger partial charge on any atom is -0.173 e. The zero-order valence-corrected chi connectivity index (χ0v) is 19.3. The highest BCUT2D eigenvalue weighted by Gasteiger charge is 2.18. The number of hydrogen-bond acceptors (Lipinski definition) is 9. The summed E-state index contributed by atoms with van der Waals surface area (Å²) in [5.74, 6) is 0. The summed E-state index contributed by atoms with van der Waals surface area (Å²) < 4.78 is 27.0. The quantitative estimate of drug-likeness (QED) is 0.280. The Balaban J connectivity index is 1.55. The van der Waals surface area contributed by atoms with Crippen molar-refractivity contribution in [2.75, 3.05) is 0 Å². The van der Waals surface area contributed by atoms with Gasteiger partial charge in [0, 0.05) is 16.7 Å². The molecule has 0 aliphatic rings. The predicted octanol–water partition coefficient (Wildman–Crippen LogP) is 6.70. The zero-order chi connectivity index (χ0) is 21.8. The monoisotopic (exact) mass is 480 g/mol. The Morgan fingerprint density at radius 3 is 1.45 bits per heavy atom. The van der Waals surface area contributed by atoms with Crippen LogP contribution in [0.5, 0.6) is 0 Å².